The van der Waals surface area contributed by atoms with Crippen molar-refractivity contribution in [1.82, 2.24) is 5.48 Å². The predicted octanol–water partition coefficient (Wildman–Crippen LogP) is 3.26. The highest BCUT2D eigenvalue weighted by Crippen LogP contribution is 2.28. The Kier molecular flexibility index (Phi) is 5.72. The van der Waals surface area contributed by atoms with E-state index in [2.05, 4.69) is 4.72 Å². The number of hydrogen-bond acceptors (Lipinski definition) is 4. The van der Waals surface area contributed by atoms with Crippen LogP contribution >= 0.6 is 0 Å². The summed E-state index contributed by atoms with van der Waals surface area (Å²) >= 11 is 0. The molecular weight excluding hydrogens is 383 g/mol. The summed E-state index contributed by atoms with van der Waals surface area (Å²) in [5.41, 5.74) is 2.31. The maximum atomic E-state index is 14.2. The van der Waals surface area contributed by atoms with Crippen molar-refractivity contribution < 1.29 is 22.8 Å². The zero-order valence-corrected chi connectivity index (χ0v) is 15.4. The normalized spacial score (nSPS) is 12.2. The van der Waals surface area contributed by atoms with Crippen molar-refractivity contribution in [3.05, 3.63) is 95.8 Å². The Bertz CT molecular complexity index is 1070. The van der Waals surface area contributed by atoms with Crippen molar-refractivity contribution in [2.75, 3.05) is 4.72 Å². The number of hydrogen-bond donors (Lipinski definition) is 3. The van der Waals surface area contributed by atoms with Gasteiger partial charge in [-0.3, -0.25) is 14.7 Å². The first kappa shape index (κ1) is 19.5. The first-order valence-electron chi connectivity index (χ1n) is 8.28. The van der Waals surface area contributed by atoms with Crippen molar-refractivity contribution in [3.8, 4) is 0 Å². The molecule has 0 aromatic heterocycles. The van der Waals surface area contributed by atoms with Gasteiger partial charge in [-0.25, -0.2) is 18.3 Å². The van der Waals surface area contributed by atoms with Crippen molar-refractivity contribution in [2.45, 2.75) is 10.8 Å². The van der Waals surface area contributed by atoms with Gasteiger partial charge in [-0.15, -0.1) is 0 Å². The molecule has 3 N–H and O–H groups in total. The third-order valence-electron chi connectivity index (χ3n) is 4.14. The van der Waals surface area contributed by atoms with Gasteiger partial charge in [0.1, 0.15) is 5.82 Å². The highest BCUT2D eigenvalue weighted by molar-refractivity contribution is 7.92. The van der Waals surface area contributed by atoms with Crippen LogP contribution in [-0.2, 0) is 14.8 Å². The summed E-state index contributed by atoms with van der Waals surface area (Å²) in [5, 5.41) is 9.04. The van der Waals surface area contributed by atoms with Crippen LogP contribution in [0.4, 0.5) is 10.1 Å². The van der Waals surface area contributed by atoms with Gasteiger partial charge in [0.2, 0.25) is 0 Å². The summed E-state index contributed by atoms with van der Waals surface area (Å²) in [7, 11) is -3.76. The first-order valence-corrected chi connectivity index (χ1v) is 9.77. The zero-order valence-electron chi connectivity index (χ0n) is 14.5. The van der Waals surface area contributed by atoms with Crippen LogP contribution in [-0.4, -0.2) is 19.5 Å². The number of carbonyl (C=O) groups excluding carboxylic acids is 1. The van der Waals surface area contributed by atoms with Crippen molar-refractivity contribution in [2.24, 2.45) is 0 Å². The molecule has 1 atom stereocenters. The van der Waals surface area contributed by atoms with E-state index in [0.717, 1.165) is 0 Å². The molecule has 3 rings (SSSR count). The van der Waals surface area contributed by atoms with Gasteiger partial charge >= 0.3 is 0 Å². The molecule has 0 saturated carbocycles. The molecule has 0 heterocycles. The Morgan fingerprint density at radius 1 is 0.893 bits per heavy atom. The quantitative estimate of drug-likeness (QED) is 0.437. The standard InChI is InChI=1S/C20H17FN2O4S/c21-18-9-5-4-8-17(18)19(20(24)22-25)14-10-12-15(13-11-14)23-28(26,27)16-6-2-1-3-7-16/h1-13,19,23,25H,(H,22,24). The van der Waals surface area contributed by atoms with E-state index in [0.29, 0.717) is 5.56 Å². The lowest BCUT2D eigenvalue weighted by Gasteiger charge is -2.17. The lowest BCUT2D eigenvalue weighted by molar-refractivity contribution is -0.129. The molecule has 0 saturated heterocycles. The SMILES string of the molecule is O=C(NO)C(c1ccc(NS(=O)(=O)c2ccccc2)cc1)c1ccccc1F. The average molecular weight is 400 g/mol. The number of sulfonamides is 1. The molecule has 0 aliphatic heterocycles. The Balaban J connectivity index is 1.90. The second-order valence-corrected chi connectivity index (χ2v) is 7.65. The summed E-state index contributed by atoms with van der Waals surface area (Å²) < 4.78 is 41.4. The minimum atomic E-state index is -3.76. The Morgan fingerprint density at radius 3 is 2.11 bits per heavy atom. The van der Waals surface area contributed by atoms with Crippen LogP contribution in [0.2, 0.25) is 0 Å². The Hall–Kier alpha value is -3.23. The molecule has 3 aromatic carbocycles. The second kappa shape index (κ2) is 8.20. The van der Waals surface area contributed by atoms with E-state index in [-0.39, 0.29) is 16.1 Å². The molecule has 6 nitrogen and oxygen atoms in total. The molecule has 3 aromatic rings. The number of rotatable bonds is 6. The van der Waals surface area contributed by atoms with E-state index >= 15 is 0 Å². The van der Waals surface area contributed by atoms with E-state index in [9.17, 15) is 17.6 Å². The third-order valence-corrected chi connectivity index (χ3v) is 5.54. The zero-order chi connectivity index (χ0) is 20.1. The minimum Gasteiger partial charge on any atom is -0.289 e. The van der Waals surface area contributed by atoms with Gasteiger partial charge in [0.25, 0.3) is 15.9 Å². The largest absolute Gasteiger partial charge is 0.289 e. The summed E-state index contributed by atoms with van der Waals surface area (Å²) in [4.78, 5) is 12.2. The fraction of sp³-hybridized carbons (Fsp3) is 0.0500. The van der Waals surface area contributed by atoms with Crippen LogP contribution < -0.4 is 10.2 Å². The van der Waals surface area contributed by atoms with Gasteiger partial charge in [-0.05, 0) is 35.9 Å². The molecule has 0 spiro atoms. The summed E-state index contributed by atoms with van der Waals surface area (Å²) in [6.07, 6.45) is 0. The monoisotopic (exact) mass is 400 g/mol. The smallest absolute Gasteiger partial charge is 0.261 e. The minimum absolute atomic E-state index is 0.0895. The molecular formula is C20H17FN2O4S. The van der Waals surface area contributed by atoms with Crippen molar-refractivity contribution in [1.29, 1.82) is 0 Å². The summed E-state index contributed by atoms with van der Waals surface area (Å²) in [6, 6.07) is 19.5. The molecule has 1 amide bonds. The van der Waals surface area contributed by atoms with Gasteiger partial charge in [0, 0.05) is 11.3 Å². The first-order chi connectivity index (χ1) is 13.4. The van der Waals surface area contributed by atoms with E-state index in [4.69, 9.17) is 5.21 Å². The number of benzene rings is 3. The van der Waals surface area contributed by atoms with E-state index in [1.165, 1.54) is 54.6 Å². The topological polar surface area (TPSA) is 95.5 Å². The van der Waals surface area contributed by atoms with Gasteiger partial charge in [-0.2, -0.15) is 0 Å². The molecule has 0 aliphatic carbocycles. The number of carbonyl (C=O) groups is 1. The van der Waals surface area contributed by atoms with Crippen LogP contribution in [0.5, 0.6) is 0 Å². The number of anilines is 1. The maximum Gasteiger partial charge on any atom is 0.261 e. The highest BCUT2D eigenvalue weighted by Gasteiger charge is 2.25. The third kappa shape index (κ3) is 4.19. The molecule has 144 valence electrons. The predicted molar refractivity (Wildman–Crippen MR) is 102 cm³/mol. The van der Waals surface area contributed by atoms with Crippen LogP contribution in [0.15, 0.2) is 83.8 Å². The molecule has 1 unspecified atom stereocenters. The van der Waals surface area contributed by atoms with E-state index < -0.39 is 27.7 Å². The van der Waals surface area contributed by atoms with E-state index in [1.54, 1.807) is 29.7 Å². The maximum absolute atomic E-state index is 14.2. The highest BCUT2D eigenvalue weighted by atomic mass is 32.2. The molecule has 28 heavy (non-hydrogen) atoms. The fourth-order valence-corrected chi connectivity index (χ4v) is 3.88. The molecule has 0 fully saturated rings. The lowest BCUT2D eigenvalue weighted by Crippen LogP contribution is -2.27. The average Bonchev–Trinajstić information content (AvgIpc) is 2.71. The number of amides is 1. The van der Waals surface area contributed by atoms with Crippen molar-refractivity contribution >= 4 is 21.6 Å². The van der Waals surface area contributed by atoms with Crippen LogP contribution in [0, 0.1) is 5.82 Å². The summed E-state index contributed by atoms with van der Waals surface area (Å²) in [5.74, 6) is -2.49. The van der Waals surface area contributed by atoms with E-state index in [1.807, 2.05) is 0 Å². The van der Waals surface area contributed by atoms with Gasteiger partial charge in [0.15, 0.2) is 0 Å². The number of nitrogens with one attached hydrogen (secondary N) is 2. The van der Waals surface area contributed by atoms with Crippen LogP contribution in [0.25, 0.3) is 0 Å². The Labute approximate surface area is 161 Å². The van der Waals surface area contributed by atoms with Crippen LogP contribution in [0.1, 0.15) is 17.0 Å². The fourth-order valence-electron chi connectivity index (χ4n) is 2.80. The Morgan fingerprint density at radius 2 is 1.50 bits per heavy atom. The number of hydroxylamine groups is 1. The summed E-state index contributed by atoms with van der Waals surface area (Å²) in [6.45, 7) is 0. The van der Waals surface area contributed by atoms with Gasteiger partial charge in [-0.1, -0.05) is 48.5 Å². The molecule has 0 radical (unpaired) electrons. The van der Waals surface area contributed by atoms with Crippen molar-refractivity contribution in [3.63, 3.8) is 0 Å². The van der Waals surface area contributed by atoms with Gasteiger partial charge < -0.3 is 0 Å². The molecule has 8 heteroatoms. The van der Waals surface area contributed by atoms with Crippen LogP contribution in [0.3, 0.4) is 0 Å². The lowest BCUT2D eigenvalue weighted by atomic mass is 9.90. The van der Waals surface area contributed by atoms with Gasteiger partial charge in [0.05, 0.1) is 10.8 Å². The molecule has 0 aliphatic rings. The number of halogens is 1. The molecule has 0 bridgehead atoms. The second-order valence-electron chi connectivity index (χ2n) is 5.97.